The lowest BCUT2D eigenvalue weighted by atomic mass is 10.2. The van der Waals surface area contributed by atoms with E-state index in [-0.39, 0.29) is 11.9 Å². The molecule has 5 heteroatoms. The molecule has 19 heavy (non-hydrogen) atoms. The van der Waals surface area contributed by atoms with Crippen molar-refractivity contribution in [3.8, 4) is 0 Å². The van der Waals surface area contributed by atoms with Crippen LogP contribution >= 0.6 is 0 Å². The minimum absolute atomic E-state index is 0.0306. The average Bonchev–Trinajstić information content (AvgIpc) is 2.45. The molecular weight excluding hydrogens is 242 g/mol. The van der Waals surface area contributed by atoms with Crippen molar-refractivity contribution in [3.05, 3.63) is 29.6 Å². The van der Waals surface area contributed by atoms with E-state index in [1.165, 1.54) is 0 Å². The van der Waals surface area contributed by atoms with Crippen molar-refractivity contribution in [2.45, 2.75) is 26.4 Å². The Kier molecular flexibility index (Phi) is 4.87. The van der Waals surface area contributed by atoms with Gasteiger partial charge in [0.05, 0.1) is 13.2 Å². The van der Waals surface area contributed by atoms with Crippen molar-refractivity contribution in [1.82, 2.24) is 15.2 Å². The number of hydrogen-bond acceptors (Lipinski definition) is 4. The van der Waals surface area contributed by atoms with Crippen molar-refractivity contribution < 1.29 is 9.53 Å². The van der Waals surface area contributed by atoms with Gasteiger partial charge >= 0.3 is 0 Å². The third-order valence-corrected chi connectivity index (χ3v) is 3.35. The van der Waals surface area contributed by atoms with Crippen LogP contribution in [0, 0.1) is 6.92 Å². The van der Waals surface area contributed by atoms with Gasteiger partial charge in [-0.25, -0.2) is 0 Å². The molecule has 1 N–H and O–H groups in total. The first-order valence-electron chi connectivity index (χ1n) is 6.70. The molecule has 5 nitrogen and oxygen atoms in total. The molecule has 1 unspecified atom stereocenters. The molecule has 1 atom stereocenters. The van der Waals surface area contributed by atoms with E-state index in [1.807, 2.05) is 13.0 Å². The van der Waals surface area contributed by atoms with Crippen LogP contribution in [0.15, 0.2) is 18.5 Å². The summed E-state index contributed by atoms with van der Waals surface area (Å²) in [5.41, 5.74) is 2.12. The number of nitrogens with zero attached hydrogens (tertiary/aromatic N) is 2. The van der Waals surface area contributed by atoms with Gasteiger partial charge in [0.1, 0.15) is 6.04 Å². The van der Waals surface area contributed by atoms with Crippen molar-refractivity contribution in [2.75, 3.05) is 26.3 Å². The van der Waals surface area contributed by atoms with Crippen LogP contribution in [0.3, 0.4) is 0 Å². The number of ether oxygens (including phenoxy) is 1. The summed E-state index contributed by atoms with van der Waals surface area (Å²) in [7, 11) is 0. The summed E-state index contributed by atoms with van der Waals surface area (Å²) < 4.78 is 5.39. The zero-order chi connectivity index (χ0) is 13.7. The maximum absolute atomic E-state index is 12.2. The Morgan fingerprint density at radius 3 is 3.16 bits per heavy atom. The topological polar surface area (TPSA) is 54.5 Å². The molecule has 0 radical (unpaired) electrons. The Morgan fingerprint density at radius 2 is 2.42 bits per heavy atom. The monoisotopic (exact) mass is 263 g/mol. The number of aromatic nitrogens is 1. The Balaban J connectivity index is 1.89. The van der Waals surface area contributed by atoms with Crippen LogP contribution in [0.1, 0.15) is 18.1 Å². The molecule has 0 aromatic carbocycles. The van der Waals surface area contributed by atoms with E-state index in [1.54, 1.807) is 12.4 Å². The molecule has 1 saturated heterocycles. The normalized spacial score (nSPS) is 20.2. The van der Waals surface area contributed by atoms with Gasteiger partial charge in [-0.1, -0.05) is 13.0 Å². The molecule has 0 spiro atoms. The minimum Gasteiger partial charge on any atom is -0.378 e. The second kappa shape index (κ2) is 6.63. The molecule has 0 saturated carbocycles. The predicted molar refractivity (Wildman–Crippen MR) is 72.7 cm³/mol. The summed E-state index contributed by atoms with van der Waals surface area (Å²) in [6.45, 7) is 7.45. The number of morpholine rings is 1. The van der Waals surface area contributed by atoms with Crippen LogP contribution < -0.4 is 5.32 Å². The molecule has 1 amide bonds. The van der Waals surface area contributed by atoms with Crippen LogP contribution in [0.2, 0.25) is 0 Å². The highest BCUT2D eigenvalue weighted by molar-refractivity contribution is 5.82. The SMILES string of the molecule is CCN1CCOCC1C(=O)NCc1cncc(C)c1. The van der Waals surface area contributed by atoms with Gasteiger partial charge in [-0.3, -0.25) is 14.7 Å². The molecule has 2 heterocycles. The van der Waals surface area contributed by atoms with Crippen LogP contribution in [-0.4, -0.2) is 48.1 Å². The second-order valence-electron chi connectivity index (χ2n) is 4.81. The molecule has 0 aliphatic carbocycles. The van der Waals surface area contributed by atoms with Gasteiger partial charge in [0.2, 0.25) is 5.91 Å². The number of likely N-dealkylation sites (N-methyl/N-ethyl adjacent to an activating group) is 1. The van der Waals surface area contributed by atoms with E-state index in [2.05, 4.69) is 22.1 Å². The third kappa shape index (κ3) is 3.75. The number of hydrogen-bond donors (Lipinski definition) is 1. The number of nitrogens with one attached hydrogen (secondary N) is 1. The first-order valence-corrected chi connectivity index (χ1v) is 6.70. The molecule has 1 aliphatic rings. The Labute approximate surface area is 114 Å². The van der Waals surface area contributed by atoms with E-state index < -0.39 is 0 Å². The van der Waals surface area contributed by atoms with E-state index in [0.717, 1.165) is 24.2 Å². The maximum atomic E-state index is 12.2. The number of aryl methyl sites for hydroxylation is 1. The smallest absolute Gasteiger partial charge is 0.240 e. The van der Waals surface area contributed by atoms with Gasteiger partial charge < -0.3 is 10.1 Å². The molecule has 1 aromatic heterocycles. The highest BCUT2D eigenvalue weighted by Gasteiger charge is 2.27. The van der Waals surface area contributed by atoms with Crippen LogP contribution in [0.25, 0.3) is 0 Å². The lowest BCUT2D eigenvalue weighted by Gasteiger charge is -2.33. The number of pyridine rings is 1. The highest BCUT2D eigenvalue weighted by Crippen LogP contribution is 2.07. The zero-order valence-electron chi connectivity index (χ0n) is 11.6. The fourth-order valence-electron chi connectivity index (χ4n) is 2.28. The minimum atomic E-state index is -0.170. The molecular formula is C14H21N3O2. The van der Waals surface area contributed by atoms with Gasteiger partial charge in [-0.2, -0.15) is 0 Å². The van der Waals surface area contributed by atoms with Crippen LogP contribution in [0.5, 0.6) is 0 Å². The van der Waals surface area contributed by atoms with Crippen LogP contribution in [0.4, 0.5) is 0 Å². The van der Waals surface area contributed by atoms with Gasteiger partial charge in [0, 0.05) is 25.5 Å². The number of amides is 1. The summed E-state index contributed by atoms with van der Waals surface area (Å²) in [6.07, 6.45) is 3.58. The number of rotatable bonds is 4. The standard InChI is InChI=1S/C14H21N3O2/c1-3-17-4-5-19-10-13(17)14(18)16-9-12-6-11(2)7-15-8-12/h6-8,13H,3-5,9-10H2,1-2H3,(H,16,18). The highest BCUT2D eigenvalue weighted by atomic mass is 16.5. The molecule has 0 bridgehead atoms. The largest absolute Gasteiger partial charge is 0.378 e. The maximum Gasteiger partial charge on any atom is 0.240 e. The molecule has 1 aromatic rings. The van der Waals surface area contributed by atoms with Crippen molar-refractivity contribution in [3.63, 3.8) is 0 Å². The number of carbonyl (C=O) groups is 1. The first-order chi connectivity index (χ1) is 9.20. The fraction of sp³-hybridized carbons (Fsp3) is 0.571. The van der Waals surface area contributed by atoms with E-state index in [4.69, 9.17) is 4.74 Å². The van der Waals surface area contributed by atoms with Gasteiger partial charge in [-0.15, -0.1) is 0 Å². The van der Waals surface area contributed by atoms with Gasteiger partial charge in [-0.05, 0) is 24.6 Å². The quantitative estimate of drug-likeness (QED) is 0.870. The zero-order valence-corrected chi connectivity index (χ0v) is 11.6. The Hall–Kier alpha value is -1.46. The lowest BCUT2D eigenvalue weighted by Crippen LogP contribution is -2.53. The first kappa shape index (κ1) is 14.0. The van der Waals surface area contributed by atoms with Gasteiger partial charge in [0.25, 0.3) is 0 Å². The van der Waals surface area contributed by atoms with E-state index >= 15 is 0 Å². The number of carbonyl (C=O) groups excluding carboxylic acids is 1. The molecule has 2 rings (SSSR count). The fourth-order valence-corrected chi connectivity index (χ4v) is 2.28. The Bertz CT molecular complexity index is 436. The van der Waals surface area contributed by atoms with Gasteiger partial charge in [0.15, 0.2) is 0 Å². The second-order valence-corrected chi connectivity index (χ2v) is 4.81. The summed E-state index contributed by atoms with van der Waals surface area (Å²) >= 11 is 0. The summed E-state index contributed by atoms with van der Waals surface area (Å²) in [6, 6.07) is 1.86. The van der Waals surface area contributed by atoms with Crippen LogP contribution in [-0.2, 0) is 16.1 Å². The molecule has 1 aliphatic heterocycles. The van der Waals surface area contributed by atoms with Crippen molar-refractivity contribution >= 4 is 5.91 Å². The van der Waals surface area contributed by atoms with Crippen molar-refractivity contribution in [2.24, 2.45) is 0 Å². The van der Waals surface area contributed by atoms with E-state index in [0.29, 0.717) is 19.8 Å². The molecule has 104 valence electrons. The van der Waals surface area contributed by atoms with E-state index in [9.17, 15) is 4.79 Å². The average molecular weight is 263 g/mol. The summed E-state index contributed by atoms with van der Waals surface area (Å²) in [5.74, 6) is 0.0306. The summed E-state index contributed by atoms with van der Waals surface area (Å²) in [5, 5.41) is 2.96. The Morgan fingerprint density at radius 1 is 1.58 bits per heavy atom. The lowest BCUT2D eigenvalue weighted by molar-refractivity contribution is -0.132. The van der Waals surface area contributed by atoms with Crippen molar-refractivity contribution in [1.29, 1.82) is 0 Å². The summed E-state index contributed by atoms with van der Waals surface area (Å²) in [4.78, 5) is 18.4. The molecule has 1 fully saturated rings. The third-order valence-electron chi connectivity index (χ3n) is 3.35. The predicted octanol–water partition coefficient (Wildman–Crippen LogP) is 0.727.